The van der Waals surface area contributed by atoms with E-state index in [1.807, 2.05) is 6.92 Å². The molecule has 0 amide bonds. The summed E-state index contributed by atoms with van der Waals surface area (Å²) in [6, 6.07) is 5.07. The van der Waals surface area contributed by atoms with Gasteiger partial charge in [0.05, 0.1) is 15.2 Å². The van der Waals surface area contributed by atoms with Crippen molar-refractivity contribution in [2.75, 3.05) is 20.1 Å². The van der Waals surface area contributed by atoms with Gasteiger partial charge in [-0.1, -0.05) is 6.07 Å². The van der Waals surface area contributed by atoms with Crippen LogP contribution in [-0.2, 0) is 12.8 Å². The van der Waals surface area contributed by atoms with Crippen molar-refractivity contribution in [2.24, 2.45) is 4.99 Å². The summed E-state index contributed by atoms with van der Waals surface area (Å²) in [5.74, 6) is 0.523. The molecule has 2 rings (SSSR count). The molecule has 0 saturated heterocycles. The van der Waals surface area contributed by atoms with Crippen LogP contribution in [0, 0.1) is 12.7 Å². The first-order chi connectivity index (χ1) is 11.1. The van der Waals surface area contributed by atoms with Crippen LogP contribution >= 0.6 is 51.2 Å². The van der Waals surface area contributed by atoms with E-state index in [9.17, 15) is 4.39 Å². The molecule has 132 valence electrons. The number of nitrogens with one attached hydrogen (secondary N) is 2. The molecule has 0 bridgehead atoms. The van der Waals surface area contributed by atoms with E-state index in [2.05, 4.69) is 41.9 Å². The fourth-order valence-electron chi connectivity index (χ4n) is 2.07. The lowest BCUT2D eigenvalue weighted by Crippen LogP contribution is -2.39. The molecule has 1 aromatic carbocycles. The molecule has 0 aliphatic carbocycles. The fraction of sp³-hybridized carbons (Fsp3) is 0.375. The molecule has 0 fully saturated rings. The molecule has 24 heavy (non-hydrogen) atoms. The lowest BCUT2D eigenvalue weighted by molar-refractivity contribution is 0.620. The lowest BCUT2D eigenvalue weighted by atomic mass is 10.1. The van der Waals surface area contributed by atoms with E-state index in [1.165, 1.54) is 6.07 Å². The summed E-state index contributed by atoms with van der Waals surface area (Å²) < 4.78 is 13.7. The van der Waals surface area contributed by atoms with Crippen molar-refractivity contribution in [3.8, 4) is 0 Å². The van der Waals surface area contributed by atoms with Gasteiger partial charge in [-0.2, -0.15) is 0 Å². The Balaban J connectivity index is 0.00000288. The Kier molecular flexibility index (Phi) is 9.75. The number of thiazole rings is 1. The Morgan fingerprint density at radius 3 is 2.58 bits per heavy atom. The zero-order valence-corrected chi connectivity index (χ0v) is 18.3. The Morgan fingerprint density at radius 1 is 1.29 bits per heavy atom. The van der Waals surface area contributed by atoms with E-state index in [0.717, 1.165) is 48.2 Å². The average molecular weight is 527 g/mol. The zero-order valence-electron chi connectivity index (χ0n) is 13.6. The minimum atomic E-state index is -0.239. The predicted molar refractivity (Wildman–Crippen MR) is 113 cm³/mol. The number of halogens is 3. The predicted octanol–water partition coefficient (Wildman–Crippen LogP) is 3.92. The molecule has 4 nitrogen and oxygen atoms in total. The Hall–Kier alpha value is -0.740. The highest BCUT2D eigenvalue weighted by atomic mass is 127. The summed E-state index contributed by atoms with van der Waals surface area (Å²) in [4.78, 5) is 8.63. The van der Waals surface area contributed by atoms with Crippen molar-refractivity contribution in [2.45, 2.75) is 19.8 Å². The van der Waals surface area contributed by atoms with Crippen LogP contribution in [0.3, 0.4) is 0 Å². The molecule has 0 atom stereocenters. The van der Waals surface area contributed by atoms with Crippen LogP contribution in [0.1, 0.15) is 16.3 Å². The van der Waals surface area contributed by atoms with E-state index in [4.69, 9.17) is 0 Å². The molecule has 0 spiro atoms. The molecule has 0 radical (unpaired) electrons. The van der Waals surface area contributed by atoms with Crippen LogP contribution in [-0.4, -0.2) is 31.1 Å². The topological polar surface area (TPSA) is 49.3 Å². The number of aliphatic imine (C=N–C) groups is 1. The van der Waals surface area contributed by atoms with Gasteiger partial charge in [-0.05, 0) is 47.0 Å². The van der Waals surface area contributed by atoms with Crippen LogP contribution in [0.15, 0.2) is 33.0 Å². The SMILES string of the molecule is CN=C(NCCc1ccc(F)c(Br)c1)NCCc1csc(C)n1.I. The van der Waals surface area contributed by atoms with Gasteiger partial charge in [0, 0.05) is 31.9 Å². The van der Waals surface area contributed by atoms with Gasteiger partial charge in [0.25, 0.3) is 0 Å². The standard InChI is InChI=1S/C16H20BrFN4S.HI/c1-11-22-13(10-23-11)6-8-21-16(19-2)20-7-5-12-3-4-15(18)14(17)9-12;/h3-4,9-10H,5-8H2,1-2H3,(H2,19,20,21);1H. The lowest BCUT2D eigenvalue weighted by Gasteiger charge is -2.11. The minimum absolute atomic E-state index is 0. The minimum Gasteiger partial charge on any atom is -0.356 e. The molecule has 0 saturated carbocycles. The largest absolute Gasteiger partial charge is 0.356 e. The van der Waals surface area contributed by atoms with Gasteiger partial charge in [0.1, 0.15) is 5.82 Å². The number of hydrogen-bond acceptors (Lipinski definition) is 3. The molecule has 1 heterocycles. The van der Waals surface area contributed by atoms with Crippen molar-refractivity contribution in [3.63, 3.8) is 0 Å². The molecule has 0 aliphatic rings. The van der Waals surface area contributed by atoms with Crippen LogP contribution in [0.4, 0.5) is 4.39 Å². The second-order valence-electron chi connectivity index (χ2n) is 5.03. The normalized spacial score (nSPS) is 11.1. The quantitative estimate of drug-likeness (QED) is 0.341. The van der Waals surface area contributed by atoms with Gasteiger partial charge in [0.15, 0.2) is 5.96 Å². The monoisotopic (exact) mass is 526 g/mol. The number of nitrogens with zero attached hydrogens (tertiary/aromatic N) is 2. The summed E-state index contributed by atoms with van der Waals surface area (Å²) in [5, 5.41) is 9.70. The van der Waals surface area contributed by atoms with Gasteiger partial charge in [-0.25, -0.2) is 9.37 Å². The van der Waals surface area contributed by atoms with Crippen molar-refractivity contribution < 1.29 is 4.39 Å². The molecule has 0 unspecified atom stereocenters. The molecule has 1 aromatic heterocycles. The number of aromatic nitrogens is 1. The van der Waals surface area contributed by atoms with Gasteiger partial charge < -0.3 is 10.6 Å². The fourth-order valence-corrected chi connectivity index (χ4v) is 3.15. The van der Waals surface area contributed by atoms with Gasteiger partial charge in [-0.15, -0.1) is 35.3 Å². The first-order valence-corrected chi connectivity index (χ1v) is 9.05. The first kappa shape index (κ1) is 21.3. The Morgan fingerprint density at radius 2 is 2.00 bits per heavy atom. The number of benzene rings is 1. The molecule has 0 aliphatic heterocycles. The Bertz CT molecular complexity index is 678. The smallest absolute Gasteiger partial charge is 0.190 e. The summed E-state index contributed by atoms with van der Waals surface area (Å²) in [7, 11) is 1.75. The van der Waals surface area contributed by atoms with Crippen molar-refractivity contribution in [1.29, 1.82) is 0 Å². The van der Waals surface area contributed by atoms with E-state index in [1.54, 1.807) is 30.5 Å². The van der Waals surface area contributed by atoms with Gasteiger partial charge >= 0.3 is 0 Å². The summed E-state index contributed by atoms with van der Waals surface area (Å²) >= 11 is 4.87. The molecule has 2 aromatic rings. The maximum atomic E-state index is 13.2. The summed E-state index contributed by atoms with van der Waals surface area (Å²) in [6.07, 6.45) is 1.67. The van der Waals surface area contributed by atoms with E-state index in [-0.39, 0.29) is 29.8 Å². The van der Waals surface area contributed by atoms with Crippen LogP contribution in [0.25, 0.3) is 0 Å². The van der Waals surface area contributed by atoms with Gasteiger partial charge in [0.2, 0.25) is 0 Å². The highest BCUT2D eigenvalue weighted by Crippen LogP contribution is 2.16. The number of rotatable bonds is 6. The van der Waals surface area contributed by atoms with Gasteiger partial charge in [-0.3, -0.25) is 4.99 Å². The molecular weight excluding hydrogens is 506 g/mol. The maximum Gasteiger partial charge on any atom is 0.190 e. The van der Waals surface area contributed by atoms with Crippen LogP contribution < -0.4 is 10.6 Å². The third-order valence-electron chi connectivity index (χ3n) is 3.25. The van der Waals surface area contributed by atoms with Crippen LogP contribution in [0.2, 0.25) is 0 Å². The second-order valence-corrected chi connectivity index (χ2v) is 6.95. The Labute approximate surface area is 171 Å². The zero-order chi connectivity index (χ0) is 16.7. The number of guanidine groups is 1. The highest BCUT2D eigenvalue weighted by molar-refractivity contribution is 14.0. The van der Waals surface area contributed by atoms with Crippen molar-refractivity contribution in [3.05, 3.63) is 50.1 Å². The molecular formula is C16H21BrFIN4S. The van der Waals surface area contributed by atoms with E-state index in [0.29, 0.717) is 4.47 Å². The molecule has 2 N–H and O–H groups in total. The maximum absolute atomic E-state index is 13.2. The second kappa shape index (κ2) is 11.0. The number of hydrogen-bond donors (Lipinski definition) is 2. The van der Waals surface area contributed by atoms with E-state index >= 15 is 0 Å². The van der Waals surface area contributed by atoms with E-state index < -0.39 is 0 Å². The highest BCUT2D eigenvalue weighted by Gasteiger charge is 2.03. The average Bonchev–Trinajstić information content (AvgIpc) is 2.94. The first-order valence-electron chi connectivity index (χ1n) is 7.38. The van der Waals surface area contributed by atoms with Crippen molar-refractivity contribution >= 4 is 57.2 Å². The summed E-state index contributed by atoms with van der Waals surface area (Å²) in [6.45, 7) is 3.52. The third-order valence-corrected chi connectivity index (χ3v) is 4.68. The number of aryl methyl sites for hydroxylation is 1. The summed E-state index contributed by atoms with van der Waals surface area (Å²) in [5.41, 5.74) is 2.17. The van der Waals surface area contributed by atoms with Crippen molar-refractivity contribution in [1.82, 2.24) is 15.6 Å². The third kappa shape index (κ3) is 7.02. The van der Waals surface area contributed by atoms with Crippen LogP contribution in [0.5, 0.6) is 0 Å². The molecule has 8 heteroatoms.